The first-order valence-electron chi connectivity index (χ1n) is 6.60. The molecule has 3 nitrogen and oxygen atoms in total. The number of nitrogens with zero attached hydrogens (tertiary/aromatic N) is 1. The molecule has 0 amide bonds. The van der Waals surface area contributed by atoms with Crippen LogP contribution < -0.4 is 10.1 Å². The summed E-state index contributed by atoms with van der Waals surface area (Å²) in [6.45, 7) is 7.23. The van der Waals surface area contributed by atoms with Gasteiger partial charge in [-0.1, -0.05) is 23.5 Å². The van der Waals surface area contributed by atoms with Crippen molar-refractivity contribution in [1.82, 2.24) is 4.98 Å². The highest BCUT2D eigenvalue weighted by molar-refractivity contribution is 7.18. The van der Waals surface area contributed by atoms with E-state index in [1.165, 1.54) is 5.56 Å². The molecule has 0 spiro atoms. The van der Waals surface area contributed by atoms with Gasteiger partial charge in [0, 0.05) is 24.7 Å². The largest absolute Gasteiger partial charge is 0.487 e. The van der Waals surface area contributed by atoms with E-state index in [0.29, 0.717) is 0 Å². The molecule has 2 aromatic rings. The molecule has 0 atom stereocenters. The van der Waals surface area contributed by atoms with Crippen LogP contribution in [0.5, 0.6) is 5.75 Å². The number of fused-ring (bicyclic) bond motifs is 1. The zero-order valence-corrected chi connectivity index (χ0v) is 12.3. The Bertz CT molecular complexity index is 604. The fourth-order valence-electron chi connectivity index (χ4n) is 2.44. The lowest BCUT2D eigenvalue weighted by Gasteiger charge is -2.17. The number of thiazole rings is 1. The number of nitrogens with one attached hydrogen (secondary N) is 1. The molecule has 4 heteroatoms. The summed E-state index contributed by atoms with van der Waals surface area (Å²) in [6.07, 6.45) is 2.89. The van der Waals surface area contributed by atoms with Crippen molar-refractivity contribution < 1.29 is 4.74 Å². The van der Waals surface area contributed by atoms with Crippen LogP contribution in [0.4, 0.5) is 5.13 Å². The van der Waals surface area contributed by atoms with E-state index in [1.54, 1.807) is 11.3 Å². The minimum absolute atomic E-state index is 0.104. The summed E-state index contributed by atoms with van der Waals surface area (Å²) in [5, 5.41) is 4.21. The Kier molecular flexibility index (Phi) is 2.97. The summed E-state index contributed by atoms with van der Waals surface area (Å²) < 4.78 is 6.11. The van der Waals surface area contributed by atoms with Crippen molar-refractivity contribution in [1.29, 1.82) is 0 Å². The van der Waals surface area contributed by atoms with Gasteiger partial charge in [-0.15, -0.1) is 0 Å². The second-order valence-electron chi connectivity index (χ2n) is 5.39. The third kappa shape index (κ3) is 2.32. The van der Waals surface area contributed by atoms with E-state index in [9.17, 15) is 0 Å². The number of hydrogen-bond donors (Lipinski definition) is 1. The van der Waals surface area contributed by atoms with Crippen LogP contribution in [0.25, 0.3) is 10.4 Å². The Morgan fingerprint density at radius 2 is 2.26 bits per heavy atom. The van der Waals surface area contributed by atoms with Crippen LogP contribution in [-0.2, 0) is 6.42 Å². The number of aromatic nitrogens is 1. The van der Waals surface area contributed by atoms with Gasteiger partial charge in [-0.2, -0.15) is 0 Å². The molecule has 1 aliphatic heterocycles. The van der Waals surface area contributed by atoms with Gasteiger partial charge in [-0.25, -0.2) is 4.98 Å². The first kappa shape index (κ1) is 12.5. The van der Waals surface area contributed by atoms with Gasteiger partial charge < -0.3 is 10.1 Å². The van der Waals surface area contributed by atoms with Gasteiger partial charge in [-0.05, 0) is 32.4 Å². The average Bonchev–Trinajstić information content (AvgIpc) is 2.91. The van der Waals surface area contributed by atoms with Crippen LogP contribution in [0, 0.1) is 0 Å². The molecular weight excluding hydrogens is 256 g/mol. The standard InChI is InChI=1S/C15H18N2OS/c1-4-16-14-17-9-12(19-14)11-7-5-6-10-8-15(2,3)18-13(10)11/h5-7,9H,4,8H2,1-3H3,(H,16,17). The SMILES string of the molecule is CCNc1ncc(-c2cccc3c2OC(C)(C)C3)s1. The second kappa shape index (κ2) is 4.53. The molecule has 0 bridgehead atoms. The molecule has 100 valence electrons. The lowest BCUT2D eigenvalue weighted by molar-refractivity contribution is 0.139. The lowest BCUT2D eigenvalue weighted by atomic mass is 10.0. The number of ether oxygens (including phenoxy) is 1. The van der Waals surface area contributed by atoms with Crippen molar-refractivity contribution in [2.24, 2.45) is 0 Å². The predicted molar refractivity (Wildman–Crippen MR) is 80.1 cm³/mol. The van der Waals surface area contributed by atoms with E-state index in [1.807, 2.05) is 6.20 Å². The minimum Gasteiger partial charge on any atom is -0.487 e. The summed E-state index contributed by atoms with van der Waals surface area (Å²) in [4.78, 5) is 5.55. The molecule has 3 rings (SSSR count). The van der Waals surface area contributed by atoms with Crippen LogP contribution >= 0.6 is 11.3 Å². The molecule has 0 unspecified atom stereocenters. The van der Waals surface area contributed by atoms with Crippen molar-refractivity contribution in [2.45, 2.75) is 32.8 Å². The summed E-state index contributed by atoms with van der Waals surface area (Å²) in [7, 11) is 0. The van der Waals surface area contributed by atoms with E-state index in [-0.39, 0.29) is 5.60 Å². The maximum atomic E-state index is 6.11. The maximum Gasteiger partial charge on any atom is 0.183 e. The third-order valence-electron chi connectivity index (χ3n) is 3.19. The summed E-state index contributed by atoms with van der Waals surface area (Å²) in [5.74, 6) is 1.03. The van der Waals surface area contributed by atoms with Gasteiger partial charge in [-0.3, -0.25) is 0 Å². The second-order valence-corrected chi connectivity index (χ2v) is 6.42. The Morgan fingerprint density at radius 1 is 1.42 bits per heavy atom. The molecule has 0 saturated heterocycles. The van der Waals surface area contributed by atoms with Crippen molar-refractivity contribution >= 4 is 16.5 Å². The molecule has 1 aliphatic rings. The lowest BCUT2D eigenvalue weighted by Crippen LogP contribution is -2.24. The van der Waals surface area contributed by atoms with E-state index in [0.717, 1.165) is 34.3 Å². The normalized spacial score (nSPS) is 15.9. The minimum atomic E-state index is -0.104. The topological polar surface area (TPSA) is 34.2 Å². The molecule has 19 heavy (non-hydrogen) atoms. The molecule has 0 aliphatic carbocycles. The van der Waals surface area contributed by atoms with Crippen LogP contribution in [0.2, 0.25) is 0 Å². The fraction of sp³-hybridized carbons (Fsp3) is 0.400. The Labute approximate surface area is 117 Å². The van der Waals surface area contributed by atoms with Crippen LogP contribution in [0.15, 0.2) is 24.4 Å². The van der Waals surface area contributed by atoms with Gasteiger partial charge in [0.25, 0.3) is 0 Å². The highest BCUT2D eigenvalue weighted by Gasteiger charge is 2.32. The Hall–Kier alpha value is -1.55. The monoisotopic (exact) mass is 274 g/mol. The molecule has 0 fully saturated rings. The zero-order valence-electron chi connectivity index (χ0n) is 11.5. The summed E-state index contributed by atoms with van der Waals surface area (Å²) in [5.41, 5.74) is 2.35. The van der Waals surface area contributed by atoms with E-state index >= 15 is 0 Å². The van der Waals surface area contributed by atoms with Gasteiger partial charge in [0.2, 0.25) is 0 Å². The smallest absolute Gasteiger partial charge is 0.183 e. The molecule has 2 heterocycles. The maximum absolute atomic E-state index is 6.11. The van der Waals surface area contributed by atoms with Gasteiger partial charge in [0.15, 0.2) is 5.13 Å². The fourth-order valence-corrected chi connectivity index (χ4v) is 3.35. The van der Waals surface area contributed by atoms with E-state index in [4.69, 9.17) is 4.74 Å². The van der Waals surface area contributed by atoms with Crippen molar-refractivity contribution in [3.63, 3.8) is 0 Å². The summed E-state index contributed by atoms with van der Waals surface area (Å²) in [6, 6.07) is 6.37. The number of para-hydroxylation sites is 1. The highest BCUT2D eigenvalue weighted by atomic mass is 32.1. The van der Waals surface area contributed by atoms with Gasteiger partial charge in [0.05, 0.1) is 4.88 Å². The van der Waals surface area contributed by atoms with Crippen LogP contribution in [0.1, 0.15) is 26.3 Å². The average molecular weight is 274 g/mol. The molecular formula is C15H18N2OS. The van der Waals surface area contributed by atoms with Gasteiger partial charge >= 0.3 is 0 Å². The van der Waals surface area contributed by atoms with E-state index in [2.05, 4.69) is 49.3 Å². The van der Waals surface area contributed by atoms with Crippen molar-refractivity contribution in [2.75, 3.05) is 11.9 Å². The van der Waals surface area contributed by atoms with Crippen LogP contribution in [0.3, 0.4) is 0 Å². The molecule has 1 N–H and O–H groups in total. The van der Waals surface area contributed by atoms with Crippen molar-refractivity contribution in [3.8, 4) is 16.2 Å². The van der Waals surface area contributed by atoms with Crippen molar-refractivity contribution in [3.05, 3.63) is 30.0 Å². The first-order chi connectivity index (χ1) is 9.09. The highest BCUT2D eigenvalue weighted by Crippen LogP contribution is 2.44. The first-order valence-corrected chi connectivity index (χ1v) is 7.42. The molecule has 1 aromatic carbocycles. The Balaban J connectivity index is 2.00. The number of rotatable bonds is 3. The van der Waals surface area contributed by atoms with E-state index < -0.39 is 0 Å². The zero-order chi connectivity index (χ0) is 13.5. The molecule has 1 aromatic heterocycles. The van der Waals surface area contributed by atoms with Crippen LogP contribution in [-0.4, -0.2) is 17.1 Å². The number of benzene rings is 1. The summed E-state index contributed by atoms with van der Waals surface area (Å²) >= 11 is 1.67. The number of anilines is 1. The Morgan fingerprint density at radius 3 is 3.05 bits per heavy atom. The quantitative estimate of drug-likeness (QED) is 0.920. The number of hydrogen-bond acceptors (Lipinski definition) is 4. The van der Waals surface area contributed by atoms with Gasteiger partial charge in [0.1, 0.15) is 11.4 Å². The molecule has 0 saturated carbocycles. The predicted octanol–water partition coefficient (Wildman–Crippen LogP) is 3.96. The third-order valence-corrected chi connectivity index (χ3v) is 4.18. The molecule has 0 radical (unpaired) electrons.